The van der Waals surface area contributed by atoms with Crippen LogP contribution < -0.4 is 0 Å². The van der Waals surface area contributed by atoms with Crippen LogP contribution in [0.2, 0.25) is 0 Å². The quantitative estimate of drug-likeness (QED) is 0.369. The van der Waals surface area contributed by atoms with E-state index in [0.717, 1.165) is 0 Å². The molecule has 0 radical (unpaired) electrons. The molecule has 2 heteroatoms. The zero-order chi connectivity index (χ0) is 7.94. The van der Waals surface area contributed by atoms with Gasteiger partial charge >= 0.3 is 0 Å². The van der Waals surface area contributed by atoms with Crippen molar-refractivity contribution < 1.29 is 0 Å². The Bertz CT molecular complexity index is 123. The Morgan fingerprint density at radius 2 is 1.73 bits per heavy atom. The fourth-order valence-electron chi connectivity index (χ4n) is 1.28. The highest BCUT2D eigenvalue weighted by atomic mass is 127. The van der Waals surface area contributed by atoms with E-state index in [2.05, 4.69) is 38.1 Å². The van der Waals surface area contributed by atoms with Crippen molar-refractivity contribution in [3.05, 3.63) is 12.2 Å². The lowest BCUT2D eigenvalue weighted by Crippen LogP contribution is -2.13. The highest BCUT2D eigenvalue weighted by molar-refractivity contribution is 14.1. The van der Waals surface area contributed by atoms with Crippen LogP contribution in [0.5, 0.6) is 0 Å². The summed E-state index contributed by atoms with van der Waals surface area (Å²) in [5, 5.41) is 0. The van der Waals surface area contributed by atoms with Gasteiger partial charge in [0, 0.05) is 36.0 Å². The van der Waals surface area contributed by atoms with E-state index >= 15 is 0 Å². The molecule has 1 rings (SSSR count). The van der Waals surface area contributed by atoms with Crippen molar-refractivity contribution in [1.29, 1.82) is 0 Å². The highest BCUT2D eigenvalue weighted by Gasteiger charge is 1.99. The predicted molar refractivity (Wildman–Crippen MR) is 57.8 cm³/mol. The van der Waals surface area contributed by atoms with Crippen molar-refractivity contribution in [3.63, 3.8) is 0 Å². The number of hydrogen-bond acceptors (Lipinski definition) is 1. The Balaban J connectivity index is 2.24. The predicted octanol–water partition coefficient (Wildman–Crippen LogP) is 3.16. The summed E-state index contributed by atoms with van der Waals surface area (Å²) in [5.41, 5.74) is 0. The maximum Gasteiger partial charge on any atom is 0.0201 e. The molecule has 0 saturated heterocycles. The minimum atomic E-state index is 1.22. The van der Waals surface area contributed by atoms with Crippen LogP contribution in [0.15, 0.2) is 12.2 Å². The molecule has 0 amide bonds. The minimum Gasteiger partial charge on any atom is -0.247 e. The first-order chi connectivity index (χ1) is 5.39. The van der Waals surface area contributed by atoms with Gasteiger partial charge in [0.05, 0.1) is 0 Å². The topological polar surface area (TPSA) is 3.24 Å². The molecule has 1 heterocycles. The van der Waals surface area contributed by atoms with Gasteiger partial charge in [0.15, 0.2) is 0 Å². The molecule has 0 unspecified atom stereocenters. The zero-order valence-electron chi connectivity index (χ0n) is 6.93. The van der Waals surface area contributed by atoms with Crippen LogP contribution in [0.4, 0.5) is 0 Å². The fraction of sp³-hybridized carbons (Fsp3) is 0.778. The molecular weight excluding hydrogens is 249 g/mol. The molecule has 0 aromatic heterocycles. The average molecular weight is 265 g/mol. The van der Waals surface area contributed by atoms with E-state index in [-0.39, 0.29) is 0 Å². The molecule has 0 fully saturated rings. The third kappa shape index (κ3) is 4.80. The molecule has 0 bridgehead atoms. The molecule has 64 valence electrons. The Morgan fingerprint density at radius 1 is 0.909 bits per heavy atom. The summed E-state index contributed by atoms with van der Waals surface area (Å²) < 4.78 is 2.40. The molecular formula is C9H16IN. The minimum absolute atomic E-state index is 1.22. The third-order valence-electron chi connectivity index (χ3n) is 1.98. The average Bonchev–Trinajstić information content (AvgIpc) is 2.03. The highest BCUT2D eigenvalue weighted by Crippen LogP contribution is 2.09. The lowest BCUT2D eigenvalue weighted by atomic mass is 10.1. The van der Waals surface area contributed by atoms with Crippen LogP contribution in [0.1, 0.15) is 32.1 Å². The maximum absolute atomic E-state index is 2.43. The van der Waals surface area contributed by atoms with Crippen molar-refractivity contribution in [2.45, 2.75) is 32.1 Å². The standard InChI is InChI=1S/C9H16IN/c10-11-8-6-4-2-1-3-5-7-9-11/h2,4H,1,3,5-9H2/b4-2-. The van der Waals surface area contributed by atoms with Crippen molar-refractivity contribution >= 4 is 22.9 Å². The zero-order valence-corrected chi connectivity index (χ0v) is 9.09. The Kier molecular flexibility index (Phi) is 5.19. The molecule has 0 aliphatic carbocycles. The van der Waals surface area contributed by atoms with Crippen molar-refractivity contribution in [2.24, 2.45) is 0 Å². The molecule has 0 spiro atoms. The van der Waals surface area contributed by atoms with Gasteiger partial charge in [-0.15, -0.1) is 0 Å². The van der Waals surface area contributed by atoms with E-state index in [4.69, 9.17) is 0 Å². The molecule has 0 N–H and O–H groups in total. The number of nitrogens with zero attached hydrogens (tertiary/aromatic N) is 1. The van der Waals surface area contributed by atoms with Gasteiger partial charge < -0.3 is 0 Å². The van der Waals surface area contributed by atoms with Gasteiger partial charge in [-0.1, -0.05) is 18.6 Å². The first-order valence-electron chi connectivity index (χ1n) is 4.45. The monoisotopic (exact) mass is 265 g/mol. The van der Waals surface area contributed by atoms with Crippen LogP contribution in [0.3, 0.4) is 0 Å². The molecule has 1 aliphatic rings. The number of allylic oxidation sites excluding steroid dienone is 1. The maximum atomic E-state index is 2.43. The van der Waals surface area contributed by atoms with Crippen LogP contribution in [-0.4, -0.2) is 16.2 Å². The Morgan fingerprint density at radius 3 is 2.64 bits per heavy atom. The second-order valence-corrected chi connectivity index (χ2v) is 4.38. The molecule has 1 aliphatic heterocycles. The van der Waals surface area contributed by atoms with Crippen molar-refractivity contribution in [1.82, 2.24) is 3.11 Å². The van der Waals surface area contributed by atoms with Gasteiger partial charge in [0.1, 0.15) is 0 Å². The summed E-state index contributed by atoms with van der Waals surface area (Å²) in [6.45, 7) is 2.49. The summed E-state index contributed by atoms with van der Waals surface area (Å²) in [6.07, 6.45) is 11.3. The van der Waals surface area contributed by atoms with Crippen LogP contribution in [0.25, 0.3) is 0 Å². The Hall–Kier alpha value is 0.430. The van der Waals surface area contributed by atoms with Crippen LogP contribution >= 0.6 is 22.9 Å². The fourth-order valence-corrected chi connectivity index (χ4v) is 1.90. The smallest absolute Gasteiger partial charge is 0.0201 e. The molecule has 1 nitrogen and oxygen atoms in total. The van der Waals surface area contributed by atoms with Gasteiger partial charge in [-0.05, 0) is 25.7 Å². The molecule has 0 atom stereocenters. The first-order valence-corrected chi connectivity index (χ1v) is 5.42. The summed E-state index contributed by atoms with van der Waals surface area (Å²) in [7, 11) is 0. The van der Waals surface area contributed by atoms with Gasteiger partial charge in [0.25, 0.3) is 0 Å². The van der Waals surface area contributed by atoms with Gasteiger partial charge in [-0.3, -0.25) is 0 Å². The lowest BCUT2D eigenvalue weighted by molar-refractivity contribution is 0.482. The van der Waals surface area contributed by atoms with E-state index in [1.807, 2.05) is 0 Å². The Labute approximate surface area is 83.3 Å². The van der Waals surface area contributed by atoms with Gasteiger partial charge in [0.2, 0.25) is 0 Å². The van der Waals surface area contributed by atoms with E-state index in [1.54, 1.807) is 0 Å². The van der Waals surface area contributed by atoms with E-state index in [9.17, 15) is 0 Å². The number of halogens is 1. The molecule has 11 heavy (non-hydrogen) atoms. The summed E-state index contributed by atoms with van der Waals surface area (Å²) in [6, 6.07) is 0. The molecule has 0 aromatic rings. The molecule has 0 aromatic carbocycles. The van der Waals surface area contributed by atoms with Crippen LogP contribution in [0, 0.1) is 0 Å². The number of rotatable bonds is 0. The SMILES string of the molecule is IN1CC/C=C\CCCCC1. The first kappa shape index (κ1) is 9.52. The molecule has 0 saturated carbocycles. The van der Waals surface area contributed by atoms with Crippen molar-refractivity contribution in [3.8, 4) is 0 Å². The lowest BCUT2D eigenvalue weighted by Gasteiger charge is -2.13. The summed E-state index contributed by atoms with van der Waals surface area (Å²) >= 11 is 2.43. The van der Waals surface area contributed by atoms with E-state index < -0.39 is 0 Å². The normalized spacial score (nSPS) is 26.3. The van der Waals surface area contributed by atoms with Gasteiger partial charge in [-0.25, -0.2) is 3.11 Å². The largest absolute Gasteiger partial charge is 0.247 e. The summed E-state index contributed by atoms with van der Waals surface area (Å²) in [5.74, 6) is 0. The van der Waals surface area contributed by atoms with Crippen molar-refractivity contribution in [2.75, 3.05) is 13.1 Å². The van der Waals surface area contributed by atoms with Gasteiger partial charge in [-0.2, -0.15) is 0 Å². The van der Waals surface area contributed by atoms with E-state index in [0.29, 0.717) is 0 Å². The summed E-state index contributed by atoms with van der Waals surface area (Å²) in [4.78, 5) is 0. The second kappa shape index (κ2) is 6.00. The number of hydrogen-bond donors (Lipinski definition) is 0. The third-order valence-corrected chi connectivity index (χ3v) is 2.94. The van der Waals surface area contributed by atoms with Crippen LogP contribution in [-0.2, 0) is 0 Å². The second-order valence-electron chi connectivity index (χ2n) is 3.02. The van der Waals surface area contributed by atoms with E-state index in [1.165, 1.54) is 45.2 Å².